The number of amides is 1. The monoisotopic (exact) mass is 433 g/mol. The molecule has 0 saturated carbocycles. The molecule has 0 atom stereocenters. The Morgan fingerprint density at radius 3 is 2.33 bits per heavy atom. The van der Waals surface area contributed by atoms with Crippen LogP contribution in [0, 0.1) is 11.3 Å². The van der Waals surface area contributed by atoms with E-state index in [1.165, 1.54) is 11.8 Å². The van der Waals surface area contributed by atoms with Crippen LogP contribution in [0.3, 0.4) is 0 Å². The summed E-state index contributed by atoms with van der Waals surface area (Å²) in [6.45, 7) is 2.83. The first-order valence-electron chi connectivity index (χ1n) is 9.71. The Morgan fingerprint density at radius 2 is 1.60 bits per heavy atom. The predicted molar refractivity (Wildman–Crippen MR) is 121 cm³/mol. The second-order valence-corrected chi connectivity index (χ2v) is 8.49. The molecule has 1 heterocycles. The molecule has 4 rings (SSSR count). The predicted octanol–water partition coefficient (Wildman–Crippen LogP) is 5.33. The number of nitriles is 1. The Kier molecular flexibility index (Phi) is 6.27. The first kappa shape index (κ1) is 20.3. The minimum Gasteiger partial charge on any atom is -0.368 e. The maximum atomic E-state index is 13.3. The Labute approximate surface area is 185 Å². The summed E-state index contributed by atoms with van der Waals surface area (Å²) < 4.78 is 0. The molecule has 6 heteroatoms. The highest BCUT2D eigenvalue weighted by Gasteiger charge is 2.24. The van der Waals surface area contributed by atoms with E-state index in [-0.39, 0.29) is 5.91 Å². The van der Waals surface area contributed by atoms with Crippen molar-refractivity contribution in [2.24, 2.45) is 0 Å². The number of rotatable bonds is 4. The van der Waals surface area contributed by atoms with E-state index in [1.807, 2.05) is 71.6 Å². The number of piperazine rings is 1. The van der Waals surface area contributed by atoms with Crippen molar-refractivity contribution in [3.63, 3.8) is 0 Å². The van der Waals surface area contributed by atoms with Crippen molar-refractivity contribution in [3.8, 4) is 6.07 Å². The maximum Gasteiger partial charge on any atom is 0.255 e. The third kappa shape index (κ3) is 4.46. The average molecular weight is 434 g/mol. The zero-order valence-electron chi connectivity index (χ0n) is 16.3. The summed E-state index contributed by atoms with van der Waals surface area (Å²) in [6, 6.07) is 25.1. The Hall–Kier alpha value is -2.94. The van der Waals surface area contributed by atoms with E-state index in [2.05, 4.69) is 11.0 Å². The summed E-state index contributed by atoms with van der Waals surface area (Å²) in [5.74, 6) is 0.0262. The van der Waals surface area contributed by atoms with Gasteiger partial charge in [-0.15, -0.1) is 0 Å². The van der Waals surface area contributed by atoms with Crippen LogP contribution in [0.25, 0.3) is 0 Å². The van der Waals surface area contributed by atoms with Crippen molar-refractivity contribution in [3.05, 3.63) is 88.9 Å². The van der Waals surface area contributed by atoms with Gasteiger partial charge in [-0.25, -0.2) is 0 Å². The summed E-state index contributed by atoms with van der Waals surface area (Å²) in [5, 5.41) is 10.1. The highest BCUT2D eigenvalue weighted by atomic mass is 35.5. The van der Waals surface area contributed by atoms with E-state index in [0.29, 0.717) is 24.2 Å². The van der Waals surface area contributed by atoms with Gasteiger partial charge in [0.1, 0.15) is 6.07 Å². The fraction of sp³-hybridized carbons (Fsp3) is 0.167. The van der Waals surface area contributed by atoms with Crippen LogP contribution >= 0.6 is 23.4 Å². The van der Waals surface area contributed by atoms with Crippen molar-refractivity contribution in [2.75, 3.05) is 31.1 Å². The van der Waals surface area contributed by atoms with Gasteiger partial charge in [0.05, 0.1) is 11.1 Å². The highest BCUT2D eigenvalue weighted by Crippen LogP contribution is 2.33. The molecule has 150 valence electrons. The first-order valence-corrected chi connectivity index (χ1v) is 10.9. The zero-order valence-corrected chi connectivity index (χ0v) is 17.9. The second kappa shape index (κ2) is 9.25. The van der Waals surface area contributed by atoms with Crippen molar-refractivity contribution < 1.29 is 4.79 Å². The summed E-state index contributed by atoms with van der Waals surface area (Å²) in [5.41, 5.74) is 2.37. The molecule has 1 fully saturated rings. The third-order valence-corrected chi connectivity index (χ3v) is 6.47. The average Bonchev–Trinajstić information content (AvgIpc) is 2.79. The zero-order chi connectivity index (χ0) is 20.9. The molecule has 4 nitrogen and oxygen atoms in total. The number of anilines is 1. The molecule has 0 radical (unpaired) electrons. The van der Waals surface area contributed by atoms with Crippen LogP contribution in [-0.2, 0) is 0 Å². The lowest BCUT2D eigenvalue weighted by atomic mass is 10.1. The van der Waals surface area contributed by atoms with E-state index in [9.17, 15) is 10.1 Å². The van der Waals surface area contributed by atoms with Gasteiger partial charge in [-0.3, -0.25) is 4.79 Å². The molecule has 30 heavy (non-hydrogen) atoms. The lowest BCUT2D eigenvalue weighted by Gasteiger charge is -2.36. The quantitative estimate of drug-likeness (QED) is 0.558. The Balaban J connectivity index is 1.49. The van der Waals surface area contributed by atoms with Crippen molar-refractivity contribution in [1.29, 1.82) is 5.26 Å². The topological polar surface area (TPSA) is 47.3 Å². The summed E-state index contributed by atoms with van der Waals surface area (Å²) in [7, 11) is 0. The summed E-state index contributed by atoms with van der Waals surface area (Å²) >= 11 is 7.58. The summed E-state index contributed by atoms with van der Waals surface area (Å²) in [6.07, 6.45) is 0. The lowest BCUT2D eigenvalue weighted by molar-refractivity contribution is 0.0743. The SMILES string of the molecule is N#Cc1ccccc1Sc1ccccc1C(=O)N1CCN(c2cccc(Cl)c2)CC1. The minimum atomic E-state index is 0.0262. The lowest BCUT2D eigenvalue weighted by Crippen LogP contribution is -2.48. The van der Waals surface area contributed by atoms with Crippen LogP contribution in [0.1, 0.15) is 15.9 Å². The number of halogens is 1. The van der Waals surface area contributed by atoms with Crippen molar-refractivity contribution in [2.45, 2.75) is 9.79 Å². The normalized spacial score (nSPS) is 13.7. The first-order chi connectivity index (χ1) is 14.7. The van der Waals surface area contributed by atoms with E-state index < -0.39 is 0 Å². The number of hydrogen-bond donors (Lipinski definition) is 0. The molecule has 0 spiro atoms. The number of nitrogens with zero attached hydrogens (tertiary/aromatic N) is 3. The van der Waals surface area contributed by atoms with Crippen LogP contribution in [0.2, 0.25) is 5.02 Å². The molecular weight excluding hydrogens is 414 g/mol. The number of benzene rings is 3. The maximum absolute atomic E-state index is 13.3. The highest BCUT2D eigenvalue weighted by molar-refractivity contribution is 7.99. The second-order valence-electron chi connectivity index (χ2n) is 6.97. The molecule has 0 bridgehead atoms. The van der Waals surface area contributed by atoms with Crippen molar-refractivity contribution >= 4 is 35.0 Å². The largest absolute Gasteiger partial charge is 0.368 e. The molecule has 1 amide bonds. The third-order valence-electron chi connectivity index (χ3n) is 5.09. The van der Waals surface area contributed by atoms with Crippen LogP contribution in [0.5, 0.6) is 0 Å². The molecule has 0 aromatic heterocycles. The van der Waals surface area contributed by atoms with E-state index in [0.717, 1.165) is 33.6 Å². The molecule has 1 saturated heterocycles. The van der Waals surface area contributed by atoms with Crippen LogP contribution in [0.15, 0.2) is 82.6 Å². The molecule has 1 aliphatic heterocycles. The van der Waals surface area contributed by atoms with E-state index >= 15 is 0 Å². The number of carbonyl (C=O) groups is 1. The Morgan fingerprint density at radius 1 is 0.900 bits per heavy atom. The van der Waals surface area contributed by atoms with Gasteiger partial charge in [0.2, 0.25) is 0 Å². The van der Waals surface area contributed by atoms with Gasteiger partial charge in [-0.05, 0) is 42.5 Å². The fourth-order valence-corrected chi connectivity index (χ4v) is 4.71. The number of carbonyl (C=O) groups excluding carboxylic acids is 1. The smallest absolute Gasteiger partial charge is 0.255 e. The molecule has 0 aliphatic carbocycles. The fourth-order valence-electron chi connectivity index (χ4n) is 3.51. The van der Waals surface area contributed by atoms with Gasteiger partial charge in [0, 0.05) is 46.7 Å². The molecular formula is C24H20ClN3OS. The van der Waals surface area contributed by atoms with Gasteiger partial charge in [0.25, 0.3) is 5.91 Å². The number of hydrogen-bond acceptors (Lipinski definition) is 4. The molecule has 3 aromatic carbocycles. The Bertz CT molecular complexity index is 1100. The van der Waals surface area contributed by atoms with E-state index in [4.69, 9.17) is 11.6 Å². The summed E-state index contributed by atoms with van der Waals surface area (Å²) in [4.78, 5) is 19.1. The van der Waals surface area contributed by atoms with Gasteiger partial charge in [0.15, 0.2) is 0 Å². The minimum absolute atomic E-state index is 0.0262. The van der Waals surface area contributed by atoms with Crippen LogP contribution < -0.4 is 4.90 Å². The van der Waals surface area contributed by atoms with Crippen LogP contribution in [0.4, 0.5) is 5.69 Å². The van der Waals surface area contributed by atoms with Gasteiger partial charge in [-0.1, -0.05) is 53.7 Å². The van der Waals surface area contributed by atoms with Gasteiger partial charge in [-0.2, -0.15) is 5.26 Å². The van der Waals surface area contributed by atoms with Crippen LogP contribution in [-0.4, -0.2) is 37.0 Å². The molecule has 0 N–H and O–H groups in total. The van der Waals surface area contributed by atoms with Gasteiger partial charge >= 0.3 is 0 Å². The van der Waals surface area contributed by atoms with Crippen molar-refractivity contribution in [1.82, 2.24) is 4.90 Å². The van der Waals surface area contributed by atoms with Gasteiger partial charge < -0.3 is 9.80 Å². The standard InChI is InChI=1S/C24H20ClN3OS/c25-19-7-5-8-20(16-19)27-12-14-28(15-13-27)24(29)21-9-2-4-11-23(21)30-22-10-3-1-6-18(22)17-26/h1-11,16H,12-15H2. The van der Waals surface area contributed by atoms with E-state index in [1.54, 1.807) is 6.07 Å². The molecule has 0 unspecified atom stereocenters. The molecule has 3 aromatic rings. The molecule has 1 aliphatic rings.